The van der Waals surface area contributed by atoms with Gasteiger partial charge in [0.05, 0.1) is 6.10 Å². The summed E-state index contributed by atoms with van der Waals surface area (Å²) in [6, 6.07) is 8.03. The van der Waals surface area contributed by atoms with E-state index in [1.165, 1.54) is 36.1 Å². The summed E-state index contributed by atoms with van der Waals surface area (Å²) < 4.78 is 0. The lowest BCUT2D eigenvalue weighted by molar-refractivity contribution is 0.197. The van der Waals surface area contributed by atoms with Crippen molar-refractivity contribution in [2.45, 2.75) is 91.6 Å². The zero-order valence-corrected chi connectivity index (χ0v) is 19.1. The molecule has 0 spiro atoms. The van der Waals surface area contributed by atoms with E-state index in [1.54, 1.807) is 0 Å². The summed E-state index contributed by atoms with van der Waals surface area (Å²) in [5.41, 5.74) is 6.76. The maximum atomic E-state index is 10.7. The van der Waals surface area contributed by atoms with Crippen molar-refractivity contribution in [3.63, 3.8) is 0 Å². The van der Waals surface area contributed by atoms with Crippen LogP contribution in [0, 0.1) is 0 Å². The summed E-state index contributed by atoms with van der Waals surface area (Å²) >= 11 is 6.16. The number of aliphatic hydroxyl groups is 1. The zero-order valence-electron chi connectivity index (χ0n) is 18.3. The number of pyridine rings is 1. The van der Waals surface area contributed by atoms with Crippen LogP contribution < -0.4 is 0 Å². The van der Waals surface area contributed by atoms with E-state index >= 15 is 0 Å². The van der Waals surface area contributed by atoms with E-state index < -0.39 is 6.10 Å². The fraction of sp³-hybridized carbons (Fsp3) is 0.560. The Kier molecular flexibility index (Phi) is 8.52. The van der Waals surface area contributed by atoms with Gasteiger partial charge in [0.1, 0.15) is 0 Å². The van der Waals surface area contributed by atoms with Gasteiger partial charge in [-0.1, -0.05) is 77.6 Å². The Morgan fingerprint density at radius 3 is 2.00 bits per heavy atom. The Morgan fingerprint density at radius 2 is 1.50 bits per heavy atom. The van der Waals surface area contributed by atoms with Gasteiger partial charge in [-0.3, -0.25) is 4.98 Å². The normalized spacial score (nSPS) is 12.8. The minimum absolute atomic E-state index is 0.252. The van der Waals surface area contributed by atoms with Crippen molar-refractivity contribution in [3.05, 3.63) is 51.8 Å². The second-order valence-corrected chi connectivity index (χ2v) is 8.89. The third-order valence-electron chi connectivity index (χ3n) is 5.32. The molecule has 1 N–H and O–H groups in total. The van der Waals surface area contributed by atoms with Gasteiger partial charge in [-0.2, -0.15) is 0 Å². The number of nitrogens with zero attached hydrogens (tertiary/aromatic N) is 1. The second-order valence-electron chi connectivity index (χ2n) is 8.45. The third-order valence-corrected chi connectivity index (χ3v) is 5.57. The van der Waals surface area contributed by atoms with Crippen LogP contribution in [-0.4, -0.2) is 10.1 Å². The molecule has 154 valence electrons. The van der Waals surface area contributed by atoms with Crippen molar-refractivity contribution >= 4 is 11.6 Å². The van der Waals surface area contributed by atoms with Gasteiger partial charge in [-0.15, -0.1) is 0 Å². The number of aromatic nitrogens is 1. The number of halogens is 1. The fourth-order valence-electron chi connectivity index (χ4n) is 3.94. The van der Waals surface area contributed by atoms with Gasteiger partial charge >= 0.3 is 0 Å². The SMILES string of the molecule is CCCCCCc1c(C(C)C)nc(C(C)C)c(C(C)O)c1-c1ccc(Cl)cc1. The first-order chi connectivity index (χ1) is 13.3. The first kappa shape index (κ1) is 22.9. The number of benzene rings is 1. The summed E-state index contributed by atoms with van der Waals surface area (Å²) in [6.07, 6.45) is 5.29. The molecule has 1 aromatic carbocycles. The highest BCUT2D eigenvalue weighted by molar-refractivity contribution is 6.30. The lowest BCUT2D eigenvalue weighted by Gasteiger charge is -2.26. The molecule has 1 aromatic heterocycles. The Balaban J connectivity index is 2.77. The van der Waals surface area contributed by atoms with E-state index in [9.17, 15) is 5.11 Å². The summed E-state index contributed by atoms with van der Waals surface area (Å²) in [5, 5.41) is 11.5. The van der Waals surface area contributed by atoms with Crippen LogP contribution in [0.1, 0.15) is 108 Å². The van der Waals surface area contributed by atoms with Crippen LogP contribution in [0.3, 0.4) is 0 Å². The molecule has 0 radical (unpaired) electrons. The molecular weight excluding hydrogens is 366 g/mol. The molecule has 0 aliphatic heterocycles. The van der Waals surface area contributed by atoms with E-state index in [1.807, 2.05) is 19.1 Å². The van der Waals surface area contributed by atoms with Crippen LogP contribution in [0.25, 0.3) is 11.1 Å². The average molecular weight is 402 g/mol. The van der Waals surface area contributed by atoms with Crippen molar-refractivity contribution in [2.24, 2.45) is 0 Å². The monoisotopic (exact) mass is 401 g/mol. The van der Waals surface area contributed by atoms with Crippen LogP contribution >= 0.6 is 11.6 Å². The van der Waals surface area contributed by atoms with E-state index in [0.29, 0.717) is 5.92 Å². The number of hydrogen-bond acceptors (Lipinski definition) is 2. The molecule has 1 unspecified atom stereocenters. The van der Waals surface area contributed by atoms with Gasteiger partial charge in [0.25, 0.3) is 0 Å². The second kappa shape index (κ2) is 10.4. The quantitative estimate of drug-likeness (QED) is 0.434. The molecule has 1 heterocycles. The summed E-state index contributed by atoms with van der Waals surface area (Å²) in [6.45, 7) is 12.8. The minimum atomic E-state index is -0.564. The number of unbranched alkanes of at least 4 members (excludes halogenated alkanes) is 3. The molecule has 0 fully saturated rings. The molecule has 28 heavy (non-hydrogen) atoms. The topological polar surface area (TPSA) is 33.1 Å². The Bertz CT molecular complexity index is 763. The van der Waals surface area contributed by atoms with Crippen molar-refractivity contribution < 1.29 is 5.11 Å². The predicted octanol–water partition coefficient (Wildman–Crippen LogP) is 7.82. The molecular formula is C25H36ClNO. The first-order valence-electron chi connectivity index (χ1n) is 10.8. The molecule has 1 atom stereocenters. The maximum Gasteiger partial charge on any atom is 0.0785 e. The smallest absolute Gasteiger partial charge is 0.0785 e. The molecule has 2 aromatic rings. The van der Waals surface area contributed by atoms with Crippen LogP contribution in [0.4, 0.5) is 0 Å². The lowest BCUT2D eigenvalue weighted by Crippen LogP contribution is -2.14. The number of hydrogen-bond donors (Lipinski definition) is 1. The average Bonchev–Trinajstić information content (AvgIpc) is 2.64. The van der Waals surface area contributed by atoms with Gasteiger partial charge in [0, 0.05) is 22.0 Å². The summed E-state index contributed by atoms with van der Waals surface area (Å²) in [7, 11) is 0. The molecule has 2 nitrogen and oxygen atoms in total. The first-order valence-corrected chi connectivity index (χ1v) is 11.2. The molecule has 0 saturated heterocycles. The standard InChI is InChI=1S/C25H36ClNO/c1-7-8-9-10-11-21-23(19-12-14-20(26)15-13-19)22(18(6)28)25(17(4)5)27-24(21)16(2)3/h12-18,28H,7-11H2,1-6H3. The van der Waals surface area contributed by atoms with Gasteiger partial charge in [-0.25, -0.2) is 0 Å². The van der Waals surface area contributed by atoms with Gasteiger partial charge in [-0.05, 0) is 60.4 Å². The molecule has 0 aliphatic rings. The van der Waals surface area contributed by atoms with Crippen molar-refractivity contribution in [2.75, 3.05) is 0 Å². The molecule has 3 heteroatoms. The van der Waals surface area contributed by atoms with Crippen molar-refractivity contribution in [3.8, 4) is 11.1 Å². The van der Waals surface area contributed by atoms with Gasteiger partial charge in [0.15, 0.2) is 0 Å². The summed E-state index contributed by atoms with van der Waals surface area (Å²) in [4.78, 5) is 5.11. The largest absolute Gasteiger partial charge is 0.389 e. The highest BCUT2D eigenvalue weighted by atomic mass is 35.5. The lowest BCUT2D eigenvalue weighted by atomic mass is 9.83. The molecule has 0 saturated carbocycles. The third kappa shape index (κ3) is 5.36. The van der Waals surface area contributed by atoms with E-state index in [4.69, 9.17) is 16.6 Å². The maximum absolute atomic E-state index is 10.7. The Labute approximate surface area is 176 Å². The predicted molar refractivity (Wildman–Crippen MR) is 121 cm³/mol. The molecule has 2 rings (SSSR count). The molecule has 0 amide bonds. The van der Waals surface area contributed by atoms with Gasteiger partial charge < -0.3 is 5.11 Å². The fourth-order valence-corrected chi connectivity index (χ4v) is 4.07. The zero-order chi connectivity index (χ0) is 20.8. The number of aliphatic hydroxyl groups excluding tert-OH is 1. The van der Waals surface area contributed by atoms with Crippen molar-refractivity contribution in [1.29, 1.82) is 0 Å². The molecule has 0 aliphatic carbocycles. The highest BCUT2D eigenvalue weighted by Crippen LogP contribution is 2.40. The highest BCUT2D eigenvalue weighted by Gasteiger charge is 2.25. The van der Waals surface area contributed by atoms with Crippen LogP contribution in [0.15, 0.2) is 24.3 Å². The van der Waals surface area contributed by atoms with Crippen LogP contribution in [-0.2, 0) is 6.42 Å². The molecule has 0 bridgehead atoms. The Morgan fingerprint density at radius 1 is 0.893 bits per heavy atom. The Hall–Kier alpha value is -1.38. The van der Waals surface area contributed by atoms with Crippen molar-refractivity contribution in [1.82, 2.24) is 4.98 Å². The van der Waals surface area contributed by atoms with Crippen LogP contribution in [0.2, 0.25) is 5.02 Å². The minimum Gasteiger partial charge on any atom is -0.389 e. The summed E-state index contributed by atoms with van der Waals surface area (Å²) in [5.74, 6) is 0.593. The number of rotatable bonds is 9. The van der Waals surface area contributed by atoms with E-state index in [0.717, 1.165) is 34.7 Å². The van der Waals surface area contributed by atoms with Gasteiger partial charge in [0.2, 0.25) is 0 Å². The van der Waals surface area contributed by atoms with E-state index in [-0.39, 0.29) is 5.92 Å². The van der Waals surface area contributed by atoms with Crippen LogP contribution in [0.5, 0.6) is 0 Å². The van der Waals surface area contributed by atoms with E-state index in [2.05, 4.69) is 46.8 Å².